The summed E-state index contributed by atoms with van der Waals surface area (Å²) in [5.74, 6) is 1.51. The standard InChI is InChI=1S/C17H31N3O2.HI/c1-16(2,3)22-14(21)12-7-8-20(11-12)15(18-6)19-10-13-9-17(13,4)5;/h12-13H,7-11H2,1-6H3,(H,18,19);1H. The van der Waals surface area contributed by atoms with Crippen LogP contribution in [-0.2, 0) is 9.53 Å². The second kappa shape index (κ2) is 7.57. The molecule has 2 aliphatic rings. The Morgan fingerprint density at radius 3 is 2.48 bits per heavy atom. The highest BCUT2D eigenvalue weighted by Gasteiger charge is 2.45. The van der Waals surface area contributed by atoms with Gasteiger partial charge in [-0.05, 0) is 44.9 Å². The Labute approximate surface area is 157 Å². The summed E-state index contributed by atoms with van der Waals surface area (Å²) in [6.07, 6.45) is 2.11. The van der Waals surface area contributed by atoms with Gasteiger partial charge in [-0.1, -0.05) is 13.8 Å². The molecule has 0 spiro atoms. The fourth-order valence-electron chi connectivity index (χ4n) is 3.00. The highest BCUT2D eigenvalue weighted by atomic mass is 127. The number of rotatable bonds is 3. The summed E-state index contributed by atoms with van der Waals surface area (Å²) in [5.41, 5.74) is 0.0535. The van der Waals surface area contributed by atoms with Gasteiger partial charge in [-0.15, -0.1) is 24.0 Å². The third-order valence-electron chi connectivity index (χ3n) is 4.66. The first-order valence-electron chi connectivity index (χ1n) is 8.31. The van der Waals surface area contributed by atoms with Gasteiger partial charge in [-0.25, -0.2) is 0 Å². The van der Waals surface area contributed by atoms with E-state index in [1.54, 1.807) is 7.05 Å². The van der Waals surface area contributed by atoms with E-state index in [1.807, 2.05) is 20.8 Å². The molecule has 1 aliphatic heterocycles. The van der Waals surface area contributed by atoms with Crippen molar-refractivity contribution >= 4 is 35.9 Å². The van der Waals surface area contributed by atoms with Gasteiger partial charge in [0, 0.05) is 26.7 Å². The number of nitrogens with one attached hydrogen (secondary N) is 1. The van der Waals surface area contributed by atoms with E-state index in [0.29, 0.717) is 12.0 Å². The molecule has 2 atom stereocenters. The fraction of sp³-hybridized carbons (Fsp3) is 0.882. The van der Waals surface area contributed by atoms with Crippen LogP contribution in [0.3, 0.4) is 0 Å². The zero-order valence-electron chi connectivity index (χ0n) is 15.3. The Morgan fingerprint density at radius 1 is 1.39 bits per heavy atom. The van der Waals surface area contributed by atoms with Crippen LogP contribution in [-0.4, -0.2) is 49.1 Å². The van der Waals surface area contributed by atoms with Crippen molar-refractivity contribution in [1.29, 1.82) is 0 Å². The topological polar surface area (TPSA) is 53.9 Å². The van der Waals surface area contributed by atoms with Crippen LogP contribution in [0, 0.1) is 17.3 Å². The summed E-state index contributed by atoms with van der Waals surface area (Å²) in [7, 11) is 1.81. The molecule has 1 heterocycles. The molecule has 0 aromatic rings. The summed E-state index contributed by atoms with van der Waals surface area (Å²) < 4.78 is 5.49. The van der Waals surface area contributed by atoms with E-state index < -0.39 is 5.60 Å². The first kappa shape index (κ1) is 20.5. The molecular formula is C17H32IN3O2. The quantitative estimate of drug-likeness (QED) is 0.319. The normalized spacial score (nSPS) is 26.5. The van der Waals surface area contributed by atoms with Crippen LogP contribution < -0.4 is 5.32 Å². The van der Waals surface area contributed by atoms with Gasteiger partial charge in [0.05, 0.1) is 5.92 Å². The van der Waals surface area contributed by atoms with Crippen molar-refractivity contribution in [2.24, 2.45) is 22.2 Å². The zero-order chi connectivity index (χ0) is 16.5. The first-order valence-corrected chi connectivity index (χ1v) is 8.31. The molecule has 2 fully saturated rings. The third kappa shape index (κ3) is 5.80. The van der Waals surface area contributed by atoms with Gasteiger partial charge in [-0.2, -0.15) is 0 Å². The molecule has 1 aliphatic carbocycles. The van der Waals surface area contributed by atoms with E-state index >= 15 is 0 Å². The lowest BCUT2D eigenvalue weighted by Crippen LogP contribution is -2.41. The van der Waals surface area contributed by atoms with Gasteiger partial charge >= 0.3 is 5.97 Å². The second-order valence-electron chi connectivity index (χ2n) is 8.28. The Morgan fingerprint density at radius 2 is 2.00 bits per heavy atom. The number of carbonyl (C=O) groups is 1. The average molecular weight is 437 g/mol. The van der Waals surface area contributed by atoms with E-state index in [-0.39, 0.29) is 35.9 Å². The van der Waals surface area contributed by atoms with Gasteiger partial charge in [0.25, 0.3) is 0 Å². The van der Waals surface area contributed by atoms with Crippen molar-refractivity contribution in [3.8, 4) is 0 Å². The zero-order valence-corrected chi connectivity index (χ0v) is 17.6. The Bertz CT molecular complexity index is 457. The van der Waals surface area contributed by atoms with E-state index in [9.17, 15) is 4.79 Å². The maximum absolute atomic E-state index is 12.2. The Hall–Kier alpha value is -0.530. The minimum absolute atomic E-state index is 0. The van der Waals surface area contributed by atoms with Gasteiger partial charge in [0.2, 0.25) is 0 Å². The molecule has 0 radical (unpaired) electrons. The average Bonchev–Trinajstić information content (AvgIpc) is 2.81. The number of carbonyl (C=O) groups excluding carboxylic acids is 1. The van der Waals surface area contributed by atoms with E-state index in [2.05, 4.69) is 29.1 Å². The lowest BCUT2D eigenvalue weighted by Gasteiger charge is -2.23. The first-order chi connectivity index (χ1) is 10.1. The van der Waals surface area contributed by atoms with Crippen molar-refractivity contribution in [3.63, 3.8) is 0 Å². The predicted molar refractivity (Wildman–Crippen MR) is 104 cm³/mol. The van der Waals surface area contributed by atoms with Crippen molar-refractivity contribution in [1.82, 2.24) is 10.2 Å². The van der Waals surface area contributed by atoms with Gasteiger partial charge < -0.3 is 15.0 Å². The van der Waals surface area contributed by atoms with Crippen molar-refractivity contribution in [2.75, 3.05) is 26.7 Å². The summed E-state index contributed by atoms with van der Waals surface area (Å²) in [6, 6.07) is 0. The van der Waals surface area contributed by atoms with Gasteiger partial charge in [-0.3, -0.25) is 9.79 Å². The van der Waals surface area contributed by atoms with Crippen LogP contribution in [0.1, 0.15) is 47.5 Å². The number of ether oxygens (including phenoxy) is 1. The fourth-order valence-corrected chi connectivity index (χ4v) is 3.00. The highest BCUT2D eigenvalue weighted by molar-refractivity contribution is 14.0. The Balaban J connectivity index is 0.00000264. The number of nitrogens with zero attached hydrogens (tertiary/aromatic N) is 2. The lowest BCUT2D eigenvalue weighted by molar-refractivity contribution is -0.159. The van der Waals surface area contributed by atoms with Gasteiger partial charge in [0.1, 0.15) is 5.60 Å². The minimum atomic E-state index is -0.415. The molecule has 1 N–H and O–H groups in total. The highest BCUT2D eigenvalue weighted by Crippen LogP contribution is 2.50. The third-order valence-corrected chi connectivity index (χ3v) is 4.66. The molecule has 23 heavy (non-hydrogen) atoms. The summed E-state index contributed by atoms with van der Waals surface area (Å²) in [4.78, 5) is 18.7. The molecule has 1 saturated heterocycles. The number of hydrogen-bond donors (Lipinski definition) is 1. The van der Waals surface area contributed by atoms with Crippen LogP contribution in [0.4, 0.5) is 0 Å². The van der Waals surface area contributed by atoms with Crippen molar-refractivity contribution < 1.29 is 9.53 Å². The Kier molecular flexibility index (Phi) is 6.75. The van der Waals surface area contributed by atoms with Crippen LogP contribution in [0.2, 0.25) is 0 Å². The van der Waals surface area contributed by atoms with Crippen LogP contribution in [0.5, 0.6) is 0 Å². The maximum Gasteiger partial charge on any atom is 0.311 e. The maximum atomic E-state index is 12.2. The number of esters is 1. The van der Waals surface area contributed by atoms with Crippen LogP contribution >= 0.6 is 24.0 Å². The molecule has 0 bridgehead atoms. The lowest BCUT2D eigenvalue weighted by atomic mass is 10.1. The largest absolute Gasteiger partial charge is 0.460 e. The predicted octanol–water partition coefficient (Wildman–Crippen LogP) is 2.89. The van der Waals surface area contributed by atoms with Crippen LogP contribution in [0.15, 0.2) is 4.99 Å². The molecule has 0 aromatic heterocycles. The number of likely N-dealkylation sites (tertiary alicyclic amines) is 1. The van der Waals surface area contributed by atoms with Gasteiger partial charge in [0.15, 0.2) is 5.96 Å². The molecule has 2 unspecified atom stereocenters. The second-order valence-corrected chi connectivity index (χ2v) is 8.28. The molecule has 134 valence electrons. The molecule has 5 nitrogen and oxygen atoms in total. The van der Waals surface area contributed by atoms with Crippen molar-refractivity contribution in [3.05, 3.63) is 0 Å². The van der Waals surface area contributed by atoms with E-state index in [4.69, 9.17) is 4.74 Å². The molecule has 0 aromatic carbocycles. The van der Waals surface area contributed by atoms with Crippen molar-refractivity contribution in [2.45, 2.75) is 53.1 Å². The number of hydrogen-bond acceptors (Lipinski definition) is 3. The van der Waals surface area contributed by atoms with E-state index in [1.165, 1.54) is 6.42 Å². The number of aliphatic imine (C=N–C) groups is 1. The molecule has 6 heteroatoms. The summed E-state index contributed by atoms with van der Waals surface area (Å²) >= 11 is 0. The molecule has 2 rings (SSSR count). The molecular weight excluding hydrogens is 405 g/mol. The van der Waals surface area contributed by atoms with E-state index in [0.717, 1.165) is 31.4 Å². The summed E-state index contributed by atoms with van der Waals surface area (Å²) in [6.45, 7) is 12.9. The van der Waals surface area contributed by atoms with Crippen LogP contribution in [0.25, 0.3) is 0 Å². The molecule has 1 saturated carbocycles. The summed E-state index contributed by atoms with van der Waals surface area (Å²) in [5, 5.41) is 3.46. The number of guanidine groups is 1. The number of halogens is 1. The SMILES string of the molecule is CN=C(NCC1CC1(C)C)N1CCC(C(=O)OC(C)(C)C)C1.I. The minimum Gasteiger partial charge on any atom is -0.460 e. The molecule has 0 amide bonds. The smallest absolute Gasteiger partial charge is 0.311 e. The monoisotopic (exact) mass is 437 g/mol.